The predicted octanol–water partition coefficient (Wildman–Crippen LogP) is 4.42. The van der Waals surface area contributed by atoms with Gasteiger partial charge in [-0.3, -0.25) is 14.2 Å². The van der Waals surface area contributed by atoms with Crippen LogP contribution in [0.5, 0.6) is 0 Å². The van der Waals surface area contributed by atoms with Gasteiger partial charge in [-0.2, -0.15) is 23.4 Å². The Morgan fingerprint density at radius 3 is 2.57 bits per heavy atom. The van der Waals surface area contributed by atoms with E-state index in [1.54, 1.807) is 10.9 Å². The quantitative estimate of drug-likeness (QED) is 0.619. The van der Waals surface area contributed by atoms with Crippen molar-refractivity contribution < 1.29 is 18.0 Å². The van der Waals surface area contributed by atoms with E-state index < -0.39 is 23.8 Å². The van der Waals surface area contributed by atoms with Crippen molar-refractivity contribution in [2.24, 2.45) is 0 Å². The van der Waals surface area contributed by atoms with Crippen molar-refractivity contribution in [2.75, 3.05) is 5.32 Å². The minimum atomic E-state index is -4.56. The van der Waals surface area contributed by atoms with Gasteiger partial charge >= 0.3 is 6.18 Å². The molecular formula is C18H17BrF3N5O. The van der Waals surface area contributed by atoms with Gasteiger partial charge in [-0.25, -0.2) is 0 Å². The number of halogens is 4. The summed E-state index contributed by atoms with van der Waals surface area (Å²) in [5, 5.41) is 10.4. The lowest BCUT2D eigenvalue weighted by Crippen LogP contribution is -2.25. The van der Waals surface area contributed by atoms with Gasteiger partial charge in [0.1, 0.15) is 6.04 Å². The molecule has 0 bridgehead atoms. The van der Waals surface area contributed by atoms with Crippen LogP contribution >= 0.6 is 15.9 Å². The zero-order chi connectivity index (χ0) is 20.5. The summed E-state index contributed by atoms with van der Waals surface area (Å²) in [7, 11) is 0. The second-order valence-electron chi connectivity index (χ2n) is 6.33. The van der Waals surface area contributed by atoms with Crippen molar-refractivity contribution >= 4 is 27.5 Å². The van der Waals surface area contributed by atoms with Crippen LogP contribution in [0.2, 0.25) is 0 Å². The van der Waals surface area contributed by atoms with E-state index in [9.17, 15) is 18.0 Å². The number of carbonyl (C=O) groups excluding carboxylic acids is 1. The molecule has 0 saturated carbocycles. The molecule has 1 N–H and O–H groups in total. The number of amides is 1. The van der Waals surface area contributed by atoms with Gasteiger partial charge in [0.15, 0.2) is 5.69 Å². The highest BCUT2D eigenvalue weighted by Crippen LogP contribution is 2.29. The average Bonchev–Trinajstić information content (AvgIpc) is 3.22. The van der Waals surface area contributed by atoms with Crippen LogP contribution in [0.4, 0.5) is 18.9 Å². The fraction of sp³-hybridized carbons (Fsp3) is 0.278. The van der Waals surface area contributed by atoms with E-state index in [2.05, 4.69) is 31.4 Å². The average molecular weight is 456 g/mol. The number of aryl methyl sites for hydroxylation is 1. The summed E-state index contributed by atoms with van der Waals surface area (Å²) in [4.78, 5) is 12.4. The minimum absolute atomic E-state index is 0.251. The summed E-state index contributed by atoms with van der Waals surface area (Å²) < 4.78 is 42.1. The maximum Gasteiger partial charge on any atom is 0.435 e. The van der Waals surface area contributed by atoms with Crippen LogP contribution in [-0.2, 0) is 17.5 Å². The molecule has 1 unspecified atom stereocenters. The Morgan fingerprint density at radius 2 is 1.96 bits per heavy atom. The van der Waals surface area contributed by atoms with E-state index in [0.717, 1.165) is 20.8 Å². The smallest absolute Gasteiger partial charge is 0.322 e. The fourth-order valence-corrected chi connectivity index (χ4v) is 2.93. The Balaban J connectivity index is 1.67. The van der Waals surface area contributed by atoms with Crippen LogP contribution in [0.15, 0.2) is 47.2 Å². The van der Waals surface area contributed by atoms with Crippen LogP contribution < -0.4 is 5.32 Å². The van der Waals surface area contributed by atoms with Crippen LogP contribution in [0, 0.1) is 6.92 Å². The van der Waals surface area contributed by atoms with E-state index in [-0.39, 0.29) is 5.69 Å². The Kier molecular flexibility index (Phi) is 5.59. The van der Waals surface area contributed by atoms with Gasteiger partial charge in [0.05, 0.1) is 18.4 Å². The van der Waals surface area contributed by atoms with Gasteiger partial charge in [0.25, 0.3) is 0 Å². The van der Waals surface area contributed by atoms with E-state index >= 15 is 0 Å². The summed E-state index contributed by atoms with van der Waals surface area (Å²) in [5.41, 5.74) is 0.715. The number of anilines is 1. The molecule has 2 heterocycles. The summed E-state index contributed by atoms with van der Waals surface area (Å²) in [6.45, 7) is 3.48. The highest BCUT2D eigenvalue weighted by atomic mass is 79.9. The minimum Gasteiger partial charge on any atom is -0.322 e. The van der Waals surface area contributed by atoms with Gasteiger partial charge in [-0.15, -0.1) is 0 Å². The molecule has 0 radical (unpaired) electrons. The highest BCUT2D eigenvalue weighted by molar-refractivity contribution is 9.10. The summed E-state index contributed by atoms with van der Waals surface area (Å²) in [6, 6.07) is 7.75. The van der Waals surface area contributed by atoms with Gasteiger partial charge in [0.2, 0.25) is 5.91 Å². The van der Waals surface area contributed by atoms with Crippen LogP contribution in [-0.4, -0.2) is 25.5 Å². The number of alkyl halides is 3. The zero-order valence-corrected chi connectivity index (χ0v) is 16.6. The van der Waals surface area contributed by atoms with Crippen LogP contribution in [0.25, 0.3) is 0 Å². The van der Waals surface area contributed by atoms with Gasteiger partial charge < -0.3 is 5.32 Å². The third kappa shape index (κ3) is 4.61. The molecule has 1 aromatic carbocycles. The molecule has 148 valence electrons. The van der Waals surface area contributed by atoms with Gasteiger partial charge in [-0.05, 0) is 37.6 Å². The number of nitrogens with one attached hydrogen (secondary N) is 1. The van der Waals surface area contributed by atoms with Crippen molar-refractivity contribution in [3.05, 3.63) is 64.1 Å². The molecule has 0 fully saturated rings. The Bertz CT molecular complexity index is 978. The summed E-state index contributed by atoms with van der Waals surface area (Å²) in [6.07, 6.45) is -1.41. The van der Waals surface area contributed by atoms with Crippen molar-refractivity contribution in [1.29, 1.82) is 0 Å². The number of aromatic nitrogens is 4. The third-order valence-corrected chi connectivity index (χ3v) is 4.65. The van der Waals surface area contributed by atoms with Crippen molar-refractivity contribution in [2.45, 2.75) is 32.6 Å². The third-order valence-electron chi connectivity index (χ3n) is 4.12. The van der Waals surface area contributed by atoms with Gasteiger partial charge in [-0.1, -0.05) is 28.1 Å². The first kappa shape index (κ1) is 20.1. The molecule has 0 spiro atoms. The van der Waals surface area contributed by atoms with Crippen LogP contribution in [0.1, 0.15) is 29.9 Å². The van der Waals surface area contributed by atoms with Crippen molar-refractivity contribution in [3.63, 3.8) is 0 Å². The van der Waals surface area contributed by atoms with E-state index in [1.807, 2.05) is 24.3 Å². The zero-order valence-electron chi connectivity index (χ0n) is 15.0. The molecule has 3 aromatic rings. The number of benzene rings is 1. The second kappa shape index (κ2) is 7.78. The topological polar surface area (TPSA) is 64.7 Å². The molecule has 2 aromatic heterocycles. The van der Waals surface area contributed by atoms with E-state index in [4.69, 9.17) is 0 Å². The normalized spacial score (nSPS) is 12.8. The monoisotopic (exact) mass is 455 g/mol. The maximum absolute atomic E-state index is 12.8. The number of hydrogen-bond acceptors (Lipinski definition) is 3. The molecule has 6 nitrogen and oxygen atoms in total. The predicted molar refractivity (Wildman–Crippen MR) is 101 cm³/mol. The molecule has 3 rings (SSSR count). The molecule has 0 aliphatic rings. The lowest BCUT2D eigenvalue weighted by molar-refractivity contribution is -0.141. The molecule has 1 amide bonds. The Labute approximate surface area is 167 Å². The van der Waals surface area contributed by atoms with Crippen LogP contribution in [0.3, 0.4) is 0 Å². The molecule has 0 aliphatic carbocycles. The summed E-state index contributed by atoms with van der Waals surface area (Å²) >= 11 is 3.37. The molecule has 1 atom stereocenters. The molecule has 10 heteroatoms. The van der Waals surface area contributed by atoms with Crippen molar-refractivity contribution in [1.82, 2.24) is 19.6 Å². The second-order valence-corrected chi connectivity index (χ2v) is 7.25. The van der Waals surface area contributed by atoms with E-state index in [0.29, 0.717) is 12.2 Å². The Morgan fingerprint density at radius 1 is 1.29 bits per heavy atom. The first-order valence-electron chi connectivity index (χ1n) is 8.34. The highest BCUT2D eigenvalue weighted by Gasteiger charge is 2.35. The first-order chi connectivity index (χ1) is 13.1. The summed E-state index contributed by atoms with van der Waals surface area (Å²) in [5.74, 6) is -0.483. The van der Waals surface area contributed by atoms with E-state index in [1.165, 1.54) is 20.0 Å². The van der Waals surface area contributed by atoms with Gasteiger partial charge in [0, 0.05) is 16.4 Å². The number of rotatable bonds is 5. The molecule has 0 aliphatic heterocycles. The first-order valence-corrected chi connectivity index (χ1v) is 9.14. The Hall–Kier alpha value is -2.62. The molecule has 0 saturated heterocycles. The maximum atomic E-state index is 12.8. The number of nitrogens with zero attached hydrogens (tertiary/aromatic N) is 4. The molecule has 28 heavy (non-hydrogen) atoms. The largest absolute Gasteiger partial charge is 0.435 e. The van der Waals surface area contributed by atoms with Crippen molar-refractivity contribution in [3.8, 4) is 0 Å². The lowest BCUT2D eigenvalue weighted by Gasteiger charge is -2.13. The SMILES string of the molecule is Cc1cc(C(F)(F)F)nn1C(C)C(=O)Nc1cnn(Cc2ccc(Br)cc2)c1. The lowest BCUT2D eigenvalue weighted by atomic mass is 10.2. The fourth-order valence-electron chi connectivity index (χ4n) is 2.67. The number of hydrogen-bond donors (Lipinski definition) is 1. The molecular weight excluding hydrogens is 439 g/mol. The number of carbonyl (C=O) groups is 1. The standard InChI is InChI=1S/C18H17BrF3N5O/c1-11-7-16(18(20,21)22)25-27(11)12(2)17(28)24-15-8-23-26(10-15)9-13-3-5-14(19)6-4-13/h3-8,10,12H,9H2,1-2H3,(H,24,28).